The first kappa shape index (κ1) is 24.6. The van der Waals surface area contributed by atoms with Crippen molar-refractivity contribution < 1.29 is 13.2 Å². The van der Waals surface area contributed by atoms with Crippen molar-refractivity contribution in [2.75, 3.05) is 33.7 Å². The lowest BCUT2D eigenvalue weighted by molar-refractivity contribution is -0.122. The Morgan fingerprint density at radius 1 is 1.20 bits per heavy atom. The summed E-state index contributed by atoms with van der Waals surface area (Å²) in [5.41, 5.74) is 1.18. The molecule has 0 spiro atoms. The molecule has 1 aliphatic rings. The molecule has 0 saturated heterocycles. The highest BCUT2D eigenvalue weighted by Gasteiger charge is 2.33. The minimum atomic E-state index is -3.52. The molecule has 7 heteroatoms. The van der Waals surface area contributed by atoms with Crippen LogP contribution in [0.4, 0.5) is 0 Å². The van der Waals surface area contributed by atoms with Crippen molar-refractivity contribution in [2.24, 2.45) is 23.7 Å². The number of benzene rings is 1. The van der Waals surface area contributed by atoms with E-state index in [2.05, 4.69) is 36.9 Å². The fourth-order valence-corrected chi connectivity index (χ4v) is 5.21. The van der Waals surface area contributed by atoms with Gasteiger partial charge in [-0.05, 0) is 63.2 Å². The molecule has 3 atom stereocenters. The Kier molecular flexibility index (Phi) is 9.07. The van der Waals surface area contributed by atoms with Crippen LogP contribution < -0.4 is 10.0 Å². The highest BCUT2D eigenvalue weighted by Crippen LogP contribution is 2.38. The van der Waals surface area contributed by atoms with E-state index < -0.39 is 10.0 Å². The van der Waals surface area contributed by atoms with Crippen LogP contribution in [-0.2, 0) is 14.8 Å². The number of carbonyl (C=O) groups excluding carboxylic acids is 1. The number of hydrogen-bond donors (Lipinski definition) is 2. The largest absolute Gasteiger partial charge is 0.355 e. The van der Waals surface area contributed by atoms with Gasteiger partial charge in [-0.3, -0.25) is 4.79 Å². The number of hydrogen-bond acceptors (Lipinski definition) is 4. The van der Waals surface area contributed by atoms with Crippen LogP contribution in [0.15, 0.2) is 46.9 Å². The van der Waals surface area contributed by atoms with E-state index in [-0.39, 0.29) is 22.6 Å². The van der Waals surface area contributed by atoms with Crippen molar-refractivity contribution in [1.29, 1.82) is 0 Å². The van der Waals surface area contributed by atoms with Gasteiger partial charge in [-0.1, -0.05) is 43.7 Å². The average molecular weight is 436 g/mol. The zero-order chi connectivity index (χ0) is 22.3. The van der Waals surface area contributed by atoms with E-state index in [0.29, 0.717) is 31.3 Å². The number of rotatable bonds is 10. The Balaban J connectivity index is 2.02. The third kappa shape index (κ3) is 7.22. The monoisotopic (exact) mass is 435 g/mol. The quantitative estimate of drug-likeness (QED) is 0.554. The summed E-state index contributed by atoms with van der Waals surface area (Å²) in [4.78, 5) is 14.7. The Hall–Kier alpha value is -1.70. The second-order valence-electron chi connectivity index (χ2n) is 8.94. The molecular weight excluding hydrogens is 398 g/mol. The average Bonchev–Trinajstić information content (AvgIpc) is 2.68. The second-order valence-corrected chi connectivity index (χ2v) is 10.7. The molecule has 30 heavy (non-hydrogen) atoms. The fourth-order valence-electron chi connectivity index (χ4n) is 4.11. The minimum absolute atomic E-state index is 0.0836. The maximum Gasteiger partial charge on any atom is 0.240 e. The molecule has 0 radical (unpaired) electrons. The van der Waals surface area contributed by atoms with Gasteiger partial charge >= 0.3 is 0 Å². The van der Waals surface area contributed by atoms with Crippen LogP contribution in [-0.4, -0.2) is 53.0 Å². The molecule has 0 aliphatic heterocycles. The Morgan fingerprint density at radius 3 is 2.47 bits per heavy atom. The molecule has 1 aromatic rings. The second kappa shape index (κ2) is 11.1. The Bertz CT molecular complexity index is 819. The molecule has 6 nitrogen and oxygen atoms in total. The third-order valence-electron chi connectivity index (χ3n) is 5.96. The van der Waals surface area contributed by atoms with Gasteiger partial charge in [0.25, 0.3) is 0 Å². The smallest absolute Gasteiger partial charge is 0.240 e. The number of carbonyl (C=O) groups is 1. The van der Waals surface area contributed by atoms with Gasteiger partial charge in [0.1, 0.15) is 0 Å². The zero-order valence-corrected chi connectivity index (χ0v) is 19.7. The molecule has 2 N–H and O–H groups in total. The summed E-state index contributed by atoms with van der Waals surface area (Å²) in [6, 6.07) is 8.47. The first-order valence-corrected chi connectivity index (χ1v) is 12.2. The fraction of sp³-hybridized carbons (Fsp3) is 0.609. The van der Waals surface area contributed by atoms with Crippen molar-refractivity contribution in [3.05, 3.63) is 42.0 Å². The molecule has 0 heterocycles. The summed E-state index contributed by atoms with van der Waals surface area (Å²) in [7, 11) is 0.448. The molecule has 2 rings (SSSR count). The van der Waals surface area contributed by atoms with E-state index in [1.807, 2.05) is 19.0 Å². The van der Waals surface area contributed by atoms with Gasteiger partial charge in [0.2, 0.25) is 15.9 Å². The number of amides is 1. The Morgan fingerprint density at radius 2 is 1.87 bits per heavy atom. The highest BCUT2D eigenvalue weighted by atomic mass is 32.2. The summed E-state index contributed by atoms with van der Waals surface area (Å²) in [6.07, 6.45) is 3.57. The summed E-state index contributed by atoms with van der Waals surface area (Å²) in [6.45, 7) is 8.26. The number of likely N-dealkylation sites (N-methyl/N-ethyl adjacent to an activating group) is 1. The lowest BCUT2D eigenvalue weighted by atomic mass is 9.70. The van der Waals surface area contributed by atoms with Crippen LogP contribution in [0, 0.1) is 23.7 Å². The van der Waals surface area contributed by atoms with Crippen molar-refractivity contribution >= 4 is 15.9 Å². The van der Waals surface area contributed by atoms with E-state index >= 15 is 0 Å². The van der Waals surface area contributed by atoms with Gasteiger partial charge in [0, 0.05) is 26.1 Å². The van der Waals surface area contributed by atoms with E-state index in [9.17, 15) is 13.2 Å². The standard InChI is InChI=1S/C23H37N3O3S/c1-17(2)22-14-19(15-23(27)24-11-12-26(4)5)18(3)13-20(22)16-25-30(28,29)21-9-7-6-8-10-21/h6-10,13,17,19-20,22,25H,11-12,14-16H2,1-5H3,(H,24,27). The third-order valence-corrected chi connectivity index (χ3v) is 7.40. The number of sulfonamides is 1. The Labute approximate surface area is 182 Å². The van der Waals surface area contributed by atoms with Crippen molar-refractivity contribution in [2.45, 2.75) is 38.5 Å². The molecule has 168 valence electrons. The van der Waals surface area contributed by atoms with E-state index in [0.717, 1.165) is 13.0 Å². The van der Waals surface area contributed by atoms with Crippen LogP contribution in [0.5, 0.6) is 0 Å². The van der Waals surface area contributed by atoms with Crippen LogP contribution in [0.3, 0.4) is 0 Å². The van der Waals surface area contributed by atoms with Crippen LogP contribution >= 0.6 is 0 Å². The van der Waals surface area contributed by atoms with Crippen molar-refractivity contribution in [3.63, 3.8) is 0 Å². The lowest BCUT2D eigenvalue weighted by Crippen LogP contribution is -2.38. The van der Waals surface area contributed by atoms with E-state index in [1.54, 1.807) is 30.3 Å². The molecular formula is C23H37N3O3S. The first-order chi connectivity index (χ1) is 14.1. The molecule has 0 aromatic heterocycles. The van der Waals surface area contributed by atoms with E-state index in [1.165, 1.54) is 5.57 Å². The van der Waals surface area contributed by atoms with Crippen LogP contribution in [0.25, 0.3) is 0 Å². The highest BCUT2D eigenvalue weighted by molar-refractivity contribution is 7.89. The normalized spacial score (nSPS) is 22.2. The number of allylic oxidation sites excluding steroid dienone is 1. The predicted octanol–water partition coefficient (Wildman–Crippen LogP) is 2.89. The van der Waals surface area contributed by atoms with Gasteiger partial charge in [-0.15, -0.1) is 0 Å². The van der Waals surface area contributed by atoms with Crippen LogP contribution in [0.2, 0.25) is 0 Å². The molecule has 3 unspecified atom stereocenters. The summed E-state index contributed by atoms with van der Waals surface area (Å²) >= 11 is 0. The SMILES string of the molecule is CC1=CC(CNS(=O)(=O)c2ccccc2)C(C(C)C)CC1CC(=O)NCCN(C)C. The van der Waals surface area contributed by atoms with Gasteiger partial charge in [0.05, 0.1) is 4.90 Å². The summed E-state index contributed by atoms with van der Waals surface area (Å²) < 4.78 is 28.0. The number of nitrogens with zero attached hydrogens (tertiary/aromatic N) is 1. The maximum atomic E-state index is 12.6. The zero-order valence-electron chi connectivity index (χ0n) is 18.9. The van der Waals surface area contributed by atoms with Gasteiger partial charge in [-0.2, -0.15) is 0 Å². The molecule has 1 aromatic carbocycles. The minimum Gasteiger partial charge on any atom is -0.355 e. The topological polar surface area (TPSA) is 78.5 Å². The van der Waals surface area contributed by atoms with Gasteiger partial charge in [0.15, 0.2) is 0 Å². The molecule has 1 amide bonds. The maximum absolute atomic E-state index is 12.6. The van der Waals surface area contributed by atoms with Crippen molar-refractivity contribution in [3.8, 4) is 0 Å². The number of nitrogens with one attached hydrogen (secondary N) is 2. The van der Waals surface area contributed by atoms with Gasteiger partial charge < -0.3 is 10.2 Å². The van der Waals surface area contributed by atoms with Crippen molar-refractivity contribution in [1.82, 2.24) is 14.9 Å². The van der Waals surface area contributed by atoms with Gasteiger partial charge in [-0.25, -0.2) is 13.1 Å². The lowest BCUT2D eigenvalue weighted by Gasteiger charge is -2.37. The molecule has 0 saturated carbocycles. The summed E-state index contributed by atoms with van der Waals surface area (Å²) in [5.74, 6) is 1.14. The summed E-state index contributed by atoms with van der Waals surface area (Å²) in [5, 5.41) is 3.00. The van der Waals surface area contributed by atoms with E-state index in [4.69, 9.17) is 0 Å². The van der Waals surface area contributed by atoms with Crippen LogP contribution in [0.1, 0.15) is 33.6 Å². The molecule has 1 aliphatic carbocycles. The first-order valence-electron chi connectivity index (χ1n) is 10.7. The molecule has 0 fully saturated rings. The predicted molar refractivity (Wildman–Crippen MR) is 121 cm³/mol. The molecule has 0 bridgehead atoms.